The van der Waals surface area contributed by atoms with Crippen LogP contribution in [0.4, 0.5) is 26.3 Å². The molecule has 140 valence electrons. The van der Waals surface area contributed by atoms with Crippen LogP contribution in [0.2, 0.25) is 0 Å². The summed E-state index contributed by atoms with van der Waals surface area (Å²) in [7, 11) is 0. The Balaban J connectivity index is 2.11. The molecule has 1 aromatic carbocycles. The number of benzene rings is 1. The van der Waals surface area contributed by atoms with Crippen molar-refractivity contribution in [2.75, 3.05) is 19.6 Å². The first-order chi connectivity index (χ1) is 11.5. The average molecular weight is 369 g/mol. The Morgan fingerprint density at radius 2 is 1.68 bits per heavy atom. The van der Waals surface area contributed by atoms with Crippen molar-refractivity contribution in [1.82, 2.24) is 4.90 Å². The lowest BCUT2D eigenvalue weighted by Crippen LogP contribution is -2.37. The minimum atomic E-state index is -4.73. The molecule has 1 aromatic rings. The zero-order valence-electron chi connectivity index (χ0n) is 13.1. The number of likely N-dealkylation sites (tertiary alicyclic amines) is 1. The fourth-order valence-electron chi connectivity index (χ4n) is 2.94. The van der Waals surface area contributed by atoms with Gasteiger partial charge in [0.25, 0.3) is 0 Å². The molecule has 3 nitrogen and oxygen atoms in total. The van der Waals surface area contributed by atoms with Crippen molar-refractivity contribution >= 4 is 5.97 Å². The maximum absolute atomic E-state index is 13.0. The molecule has 2 rings (SSSR count). The molecule has 1 fully saturated rings. The van der Waals surface area contributed by atoms with Gasteiger partial charge < -0.3 is 10.0 Å². The zero-order valence-corrected chi connectivity index (χ0v) is 13.1. The van der Waals surface area contributed by atoms with Gasteiger partial charge in [0.2, 0.25) is 0 Å². The Labute approximate surface area is 140 Å². The van der Waals surface area contributed by atoms with Crippen molar-refractivity contribution in [2.45, 2.75) is 31.6 Å². The van der Waals surface area contributed by atoms with E-state index in [2.05, 4.69) is 0 Å². The molecule has 25 heavy (non-hydrogen) atoms. The zero-order chi connectivity index (χ0) is 18.8. The maximum Gasteiger partial charge on any atom is 0.416 e. The third-order valence-corrected chi connectivity index (χ3v) is 4.37. The lowest BCUT2D eigenvalue weighted by molar-refractivity contribution is -0.143. The summed E-state index contributed by atoms with van der Waals surface area (Å²) >= 11 is 0. The Hall–Kier alpha value is -1.77. The van der Waals surface area contributed by atoms with Crippen LogP contribution in [0, 0.1) is 5.92 Å². The summed E-state index contributed by atoms with van der Waals surface area (Å²) in [4.78, 5) is 12.7. The standard InChI is InChI=1S/C16H17F6NO2/c17-15(18,19)12-1-2-13(16(20,21)22)11(9-12)5-8-23-6-3-10(4-7-23)14(24)25/h1-2,9-10H,3-8H2,(H,24,25). The van der Waals surface area contributed by atoms with E-state index in [4.69, 9.17) is 5.11 Å². The molecule has 9 heteroatoms. The van der Waals surface area contributed by atoms with Gasteiger partial charge in [0.15, 0.2) is 0 Å². The highest BCUT2D eigenvalue weighted by Crippen LogP contribution is 2.36. The van der Waals surface area contributed by atoms with Gasteiger partial charge in [-0.25, -0.2) is 0 Å². The van der Waals surface area contributed by atoms with E-state index < -0.39 is 40.9 Å². The molecule has 0 bridgehead atoms. The van der Waals surface area contributed by atoms with Crippen LogP contribution in [0.1, 0.15) is 29.5 Å². The van der Waals surface area contributed by atoms with Crippen molar-refractivity contribution in [1.29, 1.82) is 0 Å². The van der Waals surface area contributed by atoms with Gasteiger partial charge in [-0.2, -0.15) is 26.3 Å². The Morgan fingerprint density at radius 3 is 2.16 bits per heavy atom. The van der Waals surface area contributed by atoms with E-state index in [1.807, 2.05) is 0 Å². The van der Waals surface area contributed by atoms with E-state index in [9.17, 15) is 31.1 Å². The second-order valence-electron chi connectivity index (χ2n) is 6.07. The largest absolute Gasteiger partial charge is 0.481 e. The van der Waals surface area contributed by atoms with Crippen LogP contribution in [-0.2, 0) is 23.6 Å². The molecule has 0 amide bonds. The first-order valence-corrected chi connectivity index (χ1v) is 7.71. The molecule has 0 aromatic heterocycles. The van der Waals surface area contributed by atoms with Gasteiger partial charge in [-0.15, -0.1) is 0 Å². The number of carbonyl (C=O) groups is 1. The number of nitrogens with zero attached hydrogens (tertiary/aromatic N) is 1. The molecule has 1 aliphatic heterocycles. The Morgan fingerprint density at radius 1 is 1.08 bits per heavy atom. The summed E-state index contributed by atoms with van der Waals surface area (Å²) in [5, 5.41) is 8.92. The number of hydrogen-bond donors (Lipinski definition) is 1. The van der Waals surface area contributed by atoms with E-state index in [1.165, 1.54) is 0 Å². The van der Waals surface area contributed by atoms with Crippen molar-refractivity contribution in [3.63, 3.8) is 0 Å². The number of piperidine rings is 1. The molecule has 0 radical (unpaired) electrons. The number of rotatable bonds is 4. The SMILES string of the molecule is O=C(O)C1CCN(CCc2cc(C(F)(F)F)ccc2C(F)(F)F)CC1. The monoisotopic (exact) mass is 369 g/mol. The molecule has 0 spiro atoms. The highest BCUT2D eigenvalue weighted by molar-refractivity contribution is 5.70. The number of carboxylic acids is 1. The second-order valence-corrected chi connectivity index (χ2v) is 6.07. The van der Waals surface area contributed by atoms with Gasteiger partial charge in [0.1, 0.15) is 0 Å². The molecule has 0 saturated carbocycles. The number of halogens is 6. The van der Waals surface area contributed by atoms with Gasteiger partial charge >= 0.3 is 18.3 Å². The molecule has 0 atom stereocenters. The second kappa shape index (κ2) is 7.23. The summed E-state index contributed by atoms with van der Waals surface area (Å²) in [5.74, 6) is -1.38. The minimum absolute atomic E-state index is 0.150. The third kappa shape index (κ3) is 5.10. The van der Waals surface area contributed by atoms with Crippen LogP contribution in [0.25, 0.3) is 0 Å². The van der Waals surface area contributed by atoms with Crippen LogP contribution < -0.4 is 0 Å². The van der Waals surface area contributed by atoms with Crippen molar-refractivity contribution in [3.05, 3.63) is 34.9 Å². The molecular formula is C16H17F6NO2. The maximum atomic E-state index is 13.0. The fraction of sp³-hybridized carbons (Fsp3) is 0.562. The van der Waals surface area contributed by atoms with Gasteiger partial charge in [-0.05, 0) is 56.1 Å². The summed E-state index contributed by atoms with van der Waals surface area (Å²) in [6.45, 7) is 0.950. The van der Waals surface area contributed by atoms with Crippen molar-refractivity contribution in [2.24, 2.45) is 5.92 Å². The van der Waals surface area contributed by atoms with Crippen LogP contribution in [-0.4, -0.2) is 35.6 Å². The van der Waals surface area contributed by atoms with Crippen LogP contribution in [0.15, 0.2) is 18.2 Å². The van der Waals surface area contributed by atoms with E-state index in [1.54, 1.807) is 4.90 Å². The number of hydrogen-bond acceptors (Lipinski definition) is 2. The molecular weight excluding hydrogens is 352 g/mol. The molecule has 0 unspecified atom stereocenters. The first-order valence-electron chi connectivity index (χ1n) is 7.71. The molecule has 1 aliphatic rings. The smallest absolute Gasteiger partial charge is 0.416 e. The third-order valence-electron chi connectivity index (χ3n) is 4.37. The highest BCUT2D eigenvalue weighted by atomic mass is 19.4. The summed E-state index contributed by atoms with van der Waals surface area (Å²) in [6, 6.07) is 1.45. The normalized spacial score (nSPS) is 17.7. The predicted octanol–water partition coefficient (Wildman–Crippen LogP) is 4.06. The van der Waals surface area contributed by atoms with Crippen LogP contribution in [0.5, 0.6) is 0 Å². The van der Waals surface area contributed by atoms with Gasteiger partial charge in [-0.3, -0.25) is 4.79 Å². The van der Waals surface area contributed by atoms with E-state index in [-0.39, 0.29) is 13.0 Å². The summed E-state index contributed by atoms with van der Waals surface area (Å²) in [5.41, 5.74) is -2.58. The van der Waals surface area contributed by atoms with Gasteiger partial charge in [0, 0.05) is 6.54 Å². The molecule has 1 heterocycles. The average Bonchev–Trinajstić information content (AvgIpc) is 2.51. The number of alkyl halides is 6. The summed E-state index contributed by atoms with van der Waals surface area (Å²) in [6.07, 6.45) is -8.86. The number of aliphatic carboxylic acids is 1. The quantitative estimate of drug-likeness (QED) is 0.814. The van der Waals surface area contributed by atoms with Crippen molar-refractivity contribution in [3.8, 4) is 0 Å². The van der Waals surface area contributed by atoms with Crippen LogP contribution >= 0.6 is 0 Å². The lowest BCUT2D eigenvalue weighted by atomic mass is 9.96. The van der Waals surface area contributed by atoms with Gasteiger partial charge in [-0.1, -0.05) is 0 Å². The first kappa shape index (κ1) is 19.6. The fourth-order valence-corrected chi connectivity index (χ4v) is 2.94. The highest BCUT2D eigenvalue weighted by Gasteiger charge is 2.37. The Kier molecular flexibility index (Phi) is 5.65. The van der Waals surface area contributed by atoms with E-state index in [0.717, 1.165) is 0 Å². The predicted molar refractivity (Wildman–Crippen MR) is 76.9 cm³/mol. The summed E-state index contributed by atoms with van der Waals surface area (Å²) < 4.78 is 77.4. The van der Waals surface area contributed by atoms with E-state index >= 15 is 0 Å². The van der Waals surface area contributed by atoms with Gasteiger partial charge in [0.05, 0.1) is 17.0 Å². The molecule has 1 N–H and O–H groups in total. The van der Waals surface area contributed by atoms with Crippen molar-refractivity contribution < 1.29 is 36.2 Å². The Bertz CT molecular complexity index is 618. The topological polar surface area (TPSA) is 40.5 Å². The molecule has 1 saturated heterocycles. The number of carboxylic acid groups (broad SMARTS) is 1. The minimum Gasteiger partial charge on any atom is -0.481 e. The van der Waals surface area contributed by atoms with E-state index in [0.29, 0.717) is 44.1 Å². The molecule has 0 aliphatic carbocycles. The van der Waals surface area contributed by atoms with Crippen LogP contribution in [0.3, 0.4) is 0 Å². The lowest BCUT2D eigenvalue weighted by Gasteiger charge is -2.30.